The van der Waals surface area contributed by atoms with Crippen LogP contribution in [0.4, 0.5) is 11.4 Å². The molecule has 0 aliphatic rings. The number of nitrogen functional groups attached to an aromatic ring is 1. The van der Waals surface area contributed by atoms with Crippen LogP contribution in [0.15, 0.2) is 18.2 Å². The molecule has 0 unspecified atom stereocenters. The van der Waals surface area contributed by atoms with Crippen LogP contribution in [0.3, 0.4) is 0 Å². The molecule has 0 aliphatic carbocycles. The van der Waals surface area contributed by atoms with Gasteiger partial charge in [0, 0.05) is 11.3 Å². The predicted molar refractivity (Wildman–Crippen MR) is 71.7 cm³/mol. The van der Waals surface area contributed by atoms with Crippen molar-refractivity contribution < 1.29 is 0 Å². The number of anilines is 2. The van der Waals surface area contributed by atoms with Gasteiger partial charge >= 0.3 is 0 Å². The Morgan fingerprint density at radius 2 is 2.19 bits per heavy atom. The number of nitrogens with zero attached hydrogens (tertiary/aromatic N) is 1. The molecule has 1 aromatic rings. The maximum atomic E-state index is 8.80. The quantitative estimate of drug-likeness (QED) is 0.788. The van der Waals surface area contributed by atoms with Gasteiger partial charge in [-0.25, -0.2) is 0 Å². The number of hydrogen-bond acceptors (Lipinski definition) is 4. The summed E-state index contributed by atoms with van der Waals surface area (Å²) in [6, 6.07) is 7.37. The third-order valence-corrected chi connectivity index (χ3v) is 3.69. The SMILES string of the molecule is CSC(C)(C)CNc1cc(C#N)ccc1N. The van der Waals surface area contributed by atoms with Crippen molar-refractivity contribution in [2.45, 2.75) is 18.6 Å². The van der Waals surface area contributed by atoms with E-state index in [1.54, 1.807) is 30.0 Å². The van der Waals surface area contributed by atoms with E-state index in [-0.39, 0.29) is 4.75 Å². The lowest BCUT2D eigenvalue weighted by atomic mass is 10.1. The zero-order chi connectivity index (χ0) is 12.2. The van der Waals surface area contributed by atoms with Gasteiger partial charge in [0.1, 0.15) is 0 Å². The van der Waals surface area contributed by atoms with Gasteiger partial charge in [0.2, 0.25) is 0 Å². The minimum Gasteiger partial charge on any atom is -0.397 e. The third-order valence-electron chi connectivity index (χ3n) is 2.44. The summed E-state index contributed by atoms with van der Waals surface area (Å²) in [6.07, 6.45) is 2.08. The minimum atomic E-state index is 0.148. The average Bonchev–Trinajstić information content (AvgIpc) is 2.28. The molecule has 1 rings (SSSR count). The zero-order valence-corrected chi connectivity index (χ0v) is 10.7. The van der Waals surface area contributed by atoms with Crippen LogP contribution in [-0.2, 0) is 0 Å². The lowest BCUT2D eigenvalue weighted by Crippen LogP contribution is -2.26. The summed E-state index contributed by atoms with van der Waals surface area (Å²) in [5.74, 6) is 0. The molecule has 0 spiro atoms. The Bertz CT molecular complexity index is 407. The van der Waals surface area contributed by atoms with Crippen molar-refractivity contribution in [2.24, 2.45) is 0 Å². The number of benzene rings is 1. The van der Waals surface area contributed by atoms with Gasteiger partial charge in [-0.2, -0.15) is 17.0 Å². The Balaban J connectivity index is 2.78. The maximum absolute atomic E-state index is 8.80. The van der Waals surface area contributed by atoms with Crippen LogP contribution in [0.25, 0.3) is 0 Å². The second-order valence-corrected chi connectivity index (χ2v) is 5.74. The first-order chi connectivity index (χ1) is 7.48. The van der Waals surface area contributed by atoms with E-state index in [0.717, 1.165) is 12.2 Å². The summed E-state index contributed by atoms with van der Waals surface area (Å²) in [5, 5.41) is 12.1. The van der Waals surface area contributed by atoms with Gasteiger partial charge in [0.25, 0.3) is 0 Å². The molecule has 0 saturated heterocycles. The smallest absolute Gasteiger partial charge is 0.0992 e. The minimum absolute atomic E-state index is 0.148. The molecule has 3 nitrogen and oxygen atoms in total. The molecule has 0 atom stereocenters. The van der Waals surface area contributed by atoms with Crippen LogP contribution >= 0.6 is 11.8 Å². The molecular weight excluding hydrogens is 218 g/mol. The summed E-state index contributed by atoms with van der Waals surface area (Å²) >= 11 is 1.79. The Kier molecular flexibility index (Phi) is 4.08. The first-order valence-electron chi connectivity index (χ1n) is 5.07. The van der Waals surface area contributed by atoms with E-state index in [0.29, 0.717) is 11.3 Å². The summed E-state index contributed by atoms with van der Waals surface area (Å²) < 4.78 is 0.148. The summed E-state index contributed by atoms with van der Waals surface area (Å²) in [6.45, 7) is 5.14. The monoisotopic (exact) mass is 235 g/mol. The van der Waals surface area contributed by atoms with Crippen LogP contribution in [0.5, 0.6) is 0 Å². The van der Waals surface area contributed by atoms with Crippen LogP contribution in [0, 0.1) is 11.3 Å². The van der Waals surface area contributed by atoms with Crippen LogP contribution in [-0.4, -0.2) is 17.5 Å². The van der Waals surface area contributed by atoms with Gasteiger partial charge < -0.3 is 11.1 Å². The van der Waals surface area contributed by atoms with E-state index in [9.17, 15) is 0 Å². The lowest BCUT2D eigenvalue weighted by molar-refractivity contribution is 0.753. The van der Waals surface area contributed by atoms with Gasteiger partial charge in [-0.1, -0.05) is 0 Å². The molecule has 1 aromatic carbocycles. The second kappa shape index (κ2) is 5.13. The number of thioether (sulfide) groups is 1. The molecule has 0 saturated carbocycles. The first kappa shape index (κ1) is 12.7. The molecule has 0 radical (unpaired) electrons. The van der Waals surface area contributed by atoms with Crippen molar-refractivity contribution in [1.82, 2.24) is 0 Å². The van der Waals surface area contributed by atoms with Gasteiger partial charge in [0.05, 0.1) is 23.0 Å². The molecule has 0 bridgehead atoms. The number of nitrogens with two attached hydrogens (primary N) is 1. The molecule has 0 amide bonds. The van der Waals surface area contributed by atoms with Crippen molar-refractivity contribution in [1.29, 1.82) is 5.26 Å². The highest BCUT2D eigenvalue weighted by molar-refractivity contribution is 7.99. The van der Waals surface area contributed by atoms with Crippen molar-refractivity contribution in [3.63, 3.8) is 0 Å². The normalized spacial score (nSPS) is 10.9. The van der Waals surface area contributed by atoms with E-state index in [2.05, 4.69) is 31.5 Å². The molecule has 16 heavy (non-hydrogen) atoms. The zero-order valence-electron chi connectivity index (χ0n) is 9.87. The molecule has 0 fully saturated rings. The van der Waals surface area contributed by atoms with E-state index in [1.165, 1.54) is 0 Å². The van der Waals surface area contributed by atoms with Crippen molar-refractivity contribution in [3.8, 4) is 6.07 Å². The first-order valence-corrected chi connectivity index (χ1v) is 6.29. The van der Waals surface area contributed by atoms with E-state index < -0.39 is 0 Å². The summed E-state index contributed by atoms with van der Waals surface area (Å²) in [7, 11) is 0. The second-order valence-electron chi connectivity index (χ2n) is 4.23. The highest BCUT2D eigenvalue weighted by Crippen LogP contribution is 2.24. The molecule has 0 aromatic heterocycles. The summed E-state index contributed by atoms with van der Waals surface area (Å²) in [5.41, 5.74) is 7.97. The van der Waals surface area contributed by atoms with Crippen LogP contribution in [0.2, 0.25) is 0 Å². The topological polar surface area (TPSA) is 61.8 Å². The van der Waals surface area contributed by atoms with E-state index >= 15 is 0 Å². The Hall–Kier alpha value is -1.34. The number of nitriles is 1. The highest BCUT2D eigenvalue weighted by atomic mass is 32.2. The van der Waals surface area contributed by atoms with Crippen molar-refractivity contribution in [2.75, 3.05) is 23.9 Å². The number of nitrogens with one attached hydrogen (secondary N) is 1. The highest BCUT2D eigenvalue weighted by Gasteiger charge is 2.15. The Labute approximate surface area is 101 Å². The largest absolute Gasteiger partial charge is 0.397 e. The van der Waals surface area contributed by atoms with E-state index in [4.69, 9.17) is 11.0 Å². The molecule has 3 N–H and O–H groups in total. The standard InChI is InChI=1S/C12H17N3S/c1-12(2,16-3)8-15-11-6-9(7-13)4-5-10(11)14/h4-6,15H,8,14H2,1-3H3. The Morgan fingerprint density at radius 3 is 2.75 bits per heavy atom. The average molecular weight is 235 g/mol. The Morgan fingerprint density at radius 1 is 1.50 bits per heavy atom. The van der Waals surface area contributed by atoms with Gasteiger partial charge in [-0.3, -0.25) is 0 Å². The van der Waals surface area contributed by atoms with Crippen molar-refractivity contribution in [3.05, 3.63) is 23.8 Å². The predicted octanol–water partition coefficient (Wildman–Crippen LogP) is 2.69. The molecule has 0 heterocycles. The number of rotatable bonds is 4. The fraction of sp³-hybridized carbons (Fsp3) is 0.417. The van der Waals surface area contributed by atoms with Gasteiger partial charge in [-0.05, 0) is 38.3 Å². The van der Waals surface area contributed by atoms with Crippen LogP contribution < -0.4 is 11.1 Å². The molecule has 4 heteroatoms. The molecular formula is C12H17N3S. The van der Waals surface area contributed by atoms with Crippen molar-refractivity contribution >= 4 is 23.1 Å². The third kappa shape index (κ3) is 3.35. The molecule has 86 valence electrons. The fourth-order valence-corrected chi connectivity index (χ4v) is 1.38. The van der Waals surface area contributed by atoms with Gasteiger partial charge in [0.15, 0.2) is 0 Å². The van der Waals surface area contributed by atoms with Gasteiger partial charge in [-0.15, -0.1) is 0 Å². The maximum Gasteiger partial charge on any atom is 0.0992 e. The summed E-state index contributed by atoms with van der Waals surface area (Å²) in [4.78, 5) is 0. The lowest BCUT2D eigenvalue weighted by Gasteiger charge is -2.23. The molecule has 0 aliphatic heterocycles. The number of hydrogen-bond donors (Lipinski definition) is 2. The fourth-order valence-electron chi connectivity index (χ4n) is 1.16. The van der Waals surface area contributed by atoms with Crippen LogP contribution in [0.1, 0.15) is 19.4 Å². The van der Waals surface area contributed by atoms with E-state index in [1.807, 2.05) is 0 Å².